The molecule has 0 aromatic carbocycles. The number of fused-ring (bicyclic) bond motifs is 1. The second-order valence-corrected chi connectivity index (χ2v) is 7.64. The van der Waals surface area contributed by atoms with Gasteiger partial charge in [0.1, 0.15) is 11.6 Å². The summed E-state index contributed by atoms with van der Waals surface area (Å²) in [6.45, 7) is 3.68. The number of nitrogens with zero attached hydrogens (tertiary/aromatic N) is 4. The van der Waals surface area contributed by atoms with Crippen molar-refractivity contribution in [3.8, 4) is 11.3 Å². The van der Waals surface area contributed by atoms with Crippen molar-refractivity contribution in [3.05, 3.63) is 53.2 Å². The van der Waals surface area contributed by atoms with E-state index in [0.29, 0.717) is 46.7 Å². The number of carbonyl (C=O) groups excluding carboxylic acids is 2. The van der Waals surface area contributed by atoms with Crippen LogP contribution in [-0.4, -0.2) is 31.6 Å². The molecule has 1 amide bonds. The largest absolute Gasteiger partial charge is 0.339 e. The standard InChI is InChI=1S/C22H20F2N6O2/c1-11-8-20(30-21(26-11)22(3,23)24)29-17-9-19(27-12(2)31)25-10-14(17)16-5-4-13-15(28-16)6-7-18(13)32/h4-5,8-10H,6-7H2,1-3H3,(H2,25,26,27,29,30,31). The molecule has 3 heterocycles. The molecule has 32 heavy (non-hydrogen) atoms. The summed E-state index contributed by atoms with van der Waals surface area (Å²) in [5, 5.41) is 5.63. The van der Waals surface area contributed by atoms with Gasteiger partial charge in [-0.15, -0.1) is 0 Å². The molecule has 0 bridgehead atoms. The lowest BCUT2D eigenvalue weighted by molar-refractivity contribution is -0.114. The Labute approximate surface area is 182 Å². The third-order valence-corrected chi connectivity index (χ3v) is 4.86. The van der Waals surface area contributed by atoms with Gasteiger partial charge in [0.05, 0.1) is 17.1 Å². The molecule has 0 saturated carbocycles. The second kappa shape index (κ2) is 8.03. The lowest BCUT2D eigenvalue weighted by Crippen LogP contribution is -2.14. The molecule has 10 heteroatoms. The zero-order valence-corrected chi connectivity index (χ0v) is 17.7. The highest BCUT2D eigenvalue weighted by Crippen LogP contribution is 2.33. The van der Waals surface area contributed by atoms with Crippen molar-refractivity contribution in [1.29, 1.82) is 0 Å². The van der Waals surface area contributed by atoms with Gasteiger partial charge in [0.25, 0.3) is 0 Å². The maximum absolute atomic E-state index is 13.8. The minimum Gasteiger partial charge on any atom is -0.339 e. The molecule has 1 aliphatic carbocycles. The summed E-state index contributed by atoms with van der Waals surface area (Å²) in [6.07, 6.45) is 2.50. The highest BCUT2D eigenvalue weighted by Gasteiger charge is 2.29. The molecule has 0 radical (unpaired) electrons. The normalized spacial score (nSPS) is 13.1. The van der Waals surface area contributed by atoms with Gasteiger partial charge in [-0.25, -0.2) is 15.0 Å². The van der Waals surface area contributed by atoms with Gasteiger partial charge < -0.3 is 10.6 Å². The van der Waals surface area contributed by atoms with Crippen LogP contribution < -0.4 is 10.6 Å². The molecule has 0 atom stereocenters. The van der Waals surface area contributed by atoms with Crippen LogP contribution >= 0.6 is 0 Å². The van der Waals surface area contributed by atoms with E-state index in [1.165, 1.54) is 19.2 Å². The molecule has 4 rings (SSSR count). The van der Waals surface area contributed by atoms with Crippen LogP contribution in [-0.2, 0) is 17.1 Å². The number of nitrogens with one attached hydrogen (secondary N) is 2. The first-order valence-corrected chi connectivity index (χ1v) is 9.92. The summed E-state index contributed by atoms with van der Waals surface area (Å²) in [7, 11) is 0. The molecule has 3 aromatic rings. The minimum absolute atomic E-state index is 0.0565. The summed E-state index contributed by atoms with van der Waals surface area (Å²) in [4.78, 5) is 40.0. The highest BCUT2D eigenvalue weighted by molar-refractivity contribution is 6.00. The molecule has 3 aromatic heterocycles. The van der Waals surface area contributed by atoms with Crippen molar-refractivity contribution in [3.63, 3.8) is 0 Å². The maximum Gasteiger partial charge on any atom is 0.303 e. The van der Waals surface area contributed by atoms with Gasteiger partial charge in [-0.2, -0.15) is 8.78 Å². The van der Waals surface area contributed by atoms with Crippen molar-refractivity contribution >= 4 is 29.0 Å². The molecule has 0 unspecified atom stereocenters. The number of hydrogen-bond donors (Lipinski definition) is 2. The van der Waals surface area contributed by atoms with Crippen LogP contribution in [0.4, 0.5) is 26.1 Å². The van der Waals surface area contributed by atoms with Crippen LogP contribution in [0, 0.1) is 6.92 Å². The quantitative estimate of drug-likeness (QED) is 0.615. The van der Waals surface area contributed by atoms with E-state index < -0.39 is 11.7 Å². The van der Waals surface area contributed by atoms with Gasteiger partial charge in [-0.1, -0.05) is 0 Å². The Bertz CT molecular complexity index is 1240. The summed E-state index contributed by atoms with van der Waals surface area (Å²) in [6, 6.07) is 6.53. The molecule has 0 fully saturated rings. The topological polar surface area (TPSA) is 110 Å². The third kappa shape index (κ3) is 4.43. The smallest absolute Gasteiger partial charge is 0.303 e. The van der Waals surface area contributed by atoms with Crippen LogP contribution in [0.25, 0.3) is 11.3 Å². The minimum atomic E-state index is -3.21. The van der Waals surface area contributed by atoms with E-state index in [4.69, 9.17) is 0 Å². The van der Waals surface area contributed by atoms with Crippen molar-refractivity contribution in [2.75, 3.05) is 10.6 Å². The fourth-order valence-corrected chi connectivity index (χ4v) is 3.44. The highest BCUT2D eigenvalue weighted by atomic mass is 19.3. The maximum atomic E-state index is 13.8. The second-order valence-electron chi connectivity index (χ2n) is 7.64. The van der Waals surface area contributed by atoms with Crippen LogP contribution in [0.2, 0.25) is 0 Å². The Morgan fingerprint density at radius 1 is 1.06 bits per heavy atom. The van der Waals surface area contributed by atoms with Crippen LogP contribution in [0.5, 0.6) is 0 Å². The lowest BCUT2D eigenvalue weighted by atomic mass is 10.1. The lowest BCUT2D eigenvalue weighted by Gasteiger charge is -2.16. The average molecular weight is 438 g/mol. The summed E-state index contributed by atoms with van der Waals surface area (Å²) < 4.78 is 27.6. The number of hydrogen-bond acceptors (Lipinski definition) is 7. The van der Waals surface area contributed by atoms with Gasteiger partial charge in [0, 0.05) is 55.4 Å². The Kier molecular flexibility index (Phi) is 5.37. The van der Waals surface area contributed by atoms with E-state index >= 15 is 0 Å². The molecule has 0 spiro atoms. The SMILES string of the molecule is CC(=O)Nc1cc(Nc2cc(C)nc(C(C)(F)F)n2)c(-c2ccc3c(n2)CCC3=O)cn1. The Balaban J connectivity index is 1.79. The Morgan fingerprint density at radius 2 is 1.84 bits per heavy atom. The van der Waals surface area contributed by atoms with Crippen molar-refractivity contribution in [1.82, 2.24) is 19.9 Å². The van der Waals surface area contributed by atoms with Gasteiger partial charge in [0.2, 0.25) is 11.7 Å². The number of halogens is 2. The Morgan fingerprint density at radius 3 is 2.56 bits per heavy atom. The molecule has 8 nitrogen and oxygen atoms in total. The average Bonchev–Trinajstić information content (AvgIpc) is 3.07. The fraction of sp³-hybridized carbons (Fsp3) is 0.273. The van der Waals surface area contributed by atoms with Crippen LogP contribution in [0.15, 0.2) is 30.5 Å². The zero-order chi connectivity index (χ0) is 23.0. The molecule has 2 N–H and O–H groups in total. The summed E-state index contributed by atoms with van der Waals surface area (Å²) in [5.41, 5.74) is 3.23. The van der Waals surface area contributed by atoms with E-state index in [0.717, 1.165) is 6.92 Å². The monoisotopic (exact) mass is 438 g/mol. The molecule has 164 valence electrons. The van der Waals surface area contributed by atoms with Gasteiger partial charge in [-0.05, 0) is 25.5 Å². The molecular formula is C22H20F2N6O2. The Hall–Kier alpha value is -3.82. The van der Waals surface area contributed by atoms with E-state index in [1.807, 2.05) is 0 Å². The van der Waals surface area contributed by atoms with E-state index in [2.05, 4.69) is 30.6 Å². The number of carbonyl (C=O) groups is 2. The first-order valence-electron chi connectivity index (χ1n) is 9.92. The van der Waals surface area contributed by atoms with Gasteiger partial charge in [-0.3, -0.25) is 14.6 Å². The number of rotatable bonds is 5. The summed E-state index contributed by atoms with van der Waals surface area (Å²) >= 11 is 0. The van der Waals surface area contributed by atoms with E-state index in [1.54, 1.807) is 25.1 Å². The number of anilines is 3. The molecular weight excluding hydrogens is 418 g/mol. The first kappa shape index (κ1) is 21.4. The number of Topliss-reactive ketones (excluding diaryl/α,β-unsaturated/α-hetero) is 1. The predicted octanol–water partition coefficient (Wildman–Crippen LogP) is 4.18. The fourth-order valence-electron chi connectivity index (χ4n) is 3.44. The van der Waals surface area contributed by atoms with Crippen molar-refractivity contribution in [2.24, 2.45) is 0 Å². The molecule has 0 saturated heterocycles. The van der Waals surface area contributed by atoms with E-state index in [-0.39, 0.29) is 23.3 Å². The van der Waals surface area contributed by atoms with Crippen molar-refractivity contribution < 1.29 is 18.4 Å². The first-order chi connectivity index (χ1) is 15.1. The molecule has 1 aliphatic rings. The van der Waals surface area contributed by atoms with E-state index in [9.17, 15) is 18.4 Å². The zero-order valence-electron chi connectivity index (χ0n) is 17.7. The predicted molar refractivity (Wildman–Crippen MR) is 114 cm³/mol. The number of aromatic nitrogens is 4. The van der Waals surface area contributed by atoms with Crippen LogP contribution in [0.3, 0.4) is 0 Å². The number of ketones is 1. The number of aryl methyl sites for hydroxylation is 2. The van der Waals surface area contributed by atoms with Crippen molar-refractivity contribution in [2.45, 2.75) is 39.5 Å². The number of alkyl halides is 2. The van der Waals surface area contributed by atoms with Gasteiger partial charge >= 0.3 is 5.92 Å². The van der Waals surface area contributed by atoms with Gasteiger partial charge in [0.15, 0.2) is 5.78 Å². The third-order valence-electron chi connectivity index (χ3n) is 4.86. The van der Waals surface area contributed by atoms with Crippen LogP contribution in [0.1, 0.15) is 47.8 Å². The number of pyridine rings is 2. The number of amides is 1. The summed E-state index contributed by atoms with van der Waals surface area (Å²) in [5.74, 6) is -3.64. The molecule has 0 aliphatic heterocycles.